The molecule has 562 valence electrons. The Hall–Kier alpha value is -8.74. The van der Waals surface area contributed by atoms with Crippen molar-refractivity contribution in [1.82, 2.24) is 73.6 Å². The molecule has 0 bridgehead atoms. The first-order valence-corrected chi connectivity index (χ1v) is 34.6. The average molecular weight is 1440 g/mol. The number of nitrogens with one attached hydrogen (secondary N) is 12. The lowest BCUT2D eigenvalue weighted by Gasteiger charge is -2.33. The van der Waals surface area contributed by atoms with E-state index in [4.69, 9.17) is 16.6 Å². The molecule has 37 heteroatoms. The largest absolute Gasteiger partial charge is 0.481 e. The van der Waals surface area contributed by atoms with Crippen molar-refractivity contribution in [2.45, 2.75) is 237 Å². The van der Waals surface area contributed by atoms with Gasteiger partial charge in [0.05, 0.1) is 6.04 Å². The van der Waals surface area contributed by atoms with E-state index in [0.29, 0.717) is 32.2 Å². The topological polar surface area (TPSA) is 554 Å². The molecule has 100 heavy (non-hydrogen) atoms. The van der Waals surface area contributed by atoms with Gasteiger partial charge in [-0.25, -0.2) is 0 Å². The highest BCUT2D eigenvalue weighted by Crippen LogP contribution is 2.24. The van der Waals surface area contributed by atoms with Crippen LogP contribution >= 0.6 is 12.6 Å². The molecule has 0 aromatic carbocycles. The van der Waals surface area contributed by atoms with Crippen LogP contribution < -0.4 is 75.3 Å². The molecule has 3 aliphatic heterocycles. The van der Waals surface area contributed by atoms with Gasteiger partial charge in [-0.1, -0.05) is 41.5 Å². The Morgan fingerprint density at radius 2 is 0.930 bits per heavy atom. The Balaban J connectivity index is 1.81. The van der Waals surface area contributed by atoms with Gasteiger partial charge < -0.3 is 100 Å². The molecule has 3 heterocycles. The molecule has 0 aliphatic carbocycles. The molecule has 3 fully saturated rings. The molecule has 3 saturated heterocycles. The van der Waals surface area contributed by atoms with Crippen molar-refractivity contribution in [3.8, 4) is 0 Å². The van der Waals surface area contributed by atoms with Gasteiger partial charge in [0.25, 0.3) is 0 Å². The zero-order valence-corrected chi connectivity index (χ0v) is 59.0. The Morgan fingerprint density at radius 3 is 1.42 bits per heavy atom. The maximum Gasteiger partial charge on any atom is 0.322 e. The van der Waals surface area contributed by atoms with Gasteiger partial charge in [-0.2, -0.15) is 12.6 Å². The molecule has 0 radical (unpaired) electrons. The first-order valence-electron chi connectivity index (χ1n) is 33.9. The van der Waals surface area contributed by atoms with Crippen LogP contribution in [-0.4, -0.2) is 243 Å². The van der Waals surface area contributed by atoms with Gasteiger partial charge in [0.15, 0.2) is 0 Å². The Bertz CT molecular complexity index is 2930. The minimum absolute atomic E-state index is 0.0207. The summed E-state index contributed by atoms with van der Waals surface area (Å²) < 4.78 is 0. The van der Waals surface area contributed by atoms with Crippen LogP contribution in [0, 0.1) is 17.8 Å². The number of nitrogens with zero attached hydrogens (tertiary/aromatic N) is 2. The number of carbonyl (C=O) groups excluding carboxylic acids is 14. The number of carboxylic acid groups (broad SMARTS) is 3. The molecular weight excluding hydrogens is 1330 g/mol. The second-order valence-corrected chi connectivity index (χ2v) is 26.8. The predicted octanol–water partition coefficient (Wildman–Crippen LogP) is -4.78. The smallest absolute Gasteiger partial charge is 0.322 e. The molecular formula is C63H104N16O20S. The summed E-state index contributed by atoms with van der Waals surface area (Å²) in [6, 6.07) is -16.8. The first-order chi connectivity index (χ1) is 47.0. The number of amides is 14. The predicted molar refractivity (Wildman–Crippen MR) is 360 cm³/mol. The summed E-state index contributed by atoms with van der Waals surface area (Å²) in [7, 11) is 0. The van der Waals surface area contributed by atoms with Crippen LogP contribution in [0.25, 0.3) is 0 Å². The van der Waals surface area contributed by atoms with Gasteiger partial charge in [0.2, 0.25) is 82.7 Å². The zero-order valence-electron chi connectivity index (χ0n) is 58.1. The number of unbranched alkanes of at least 4 members (excludes halogenated alkanes) is 1. The molecule has 19 N–H and O–H groups in total. The van der Waals surface area contributed by atoms with E-state index in [-0.39, 0.29) is 69.3 Å². The van der Waals surface area contributed by atoms with Gasteiger partial charge in [0, 0.05) is 38.1 Å². The van der Waals surface area contributed by atoms with Crippen LogP contribution in [0.4, 0.5) is 0 Å². The minimum Gasteiger partial charge on any atom is -0.481 e. The van der Waals surface area contributed by atoms with Crippen molar-refractivity contribution in [1.29, 1.82) is 0 Å². The van der Waals surface area contributed by atoms with E-state index in [1.807, 2.05) is 0 Å². The van der Waals surface area contributed by atoms with Crippen LogP contribution in [0.2, 0.25) is 0 Å². The molecule has 13 atom stereocenters. The number of likely N-dealkylation sites (tertiary alicyclic amines) is 2. The molecule has 36 nitrogen and oxygen atoms in total. The number of thiol groups is 1. The van der Waals surface area contributed by atoms with E-state index < -0.39 is 230 Å². The molecule has 0 spiro atoms. The third kappa shape index (κ3) is 28.1. The number of aliphatic carboxylic acids is 3. The molecule has 0 aromatic heterocycles. The van der Waals surface area contributed by atoms with Crippen molar-refractivity contribution in [2.75, 3.05) is 38.5 Å². The van der Waals surface area contributed by atoms with Gasteiger partial charge in [-0.3, -0.25) is 81.5 Å². The van der Waals surface area contributed by atoms with Crippen LogP contribution in [0.15, 0.2) is 0 Å². The van der Waals surface area contributed by atoms with Crippen LogP contribution in [-0.2, 0) is 81.5 Å². The van der Waals surface area contributed by atoms with Crippen LogP contribution in [0.1, 0.15) is 158 Å². The van der Waals surface area contributed by atoms with Crippen molar-refractivity contribution < 1.29 is 96.8 Å². The third-order valence-corrected chi connectivity index (χ3v) is 17.4. The lowest BCUT2D eigenvalue weighted by molar-refractivity contribution is -0.145. The number of nitrogens with two attached hydrogens (primary N) is 2. The standard InChI is InChI=1S/C63H104N16O20S/c1-31(2)28-41(58(94)76-49(32(3)4)61(97)72-37(14-9-10-24-64)55(91)70-38(18-21-45(65)80)56(92)71-39(19-22-46(81)82)57(93)75-42(30-100)53(89)67-29-48(85)86)74-59(95)43-16-13-27-79(43)63(99)50(33(5)6)77-60(96)44-17-12-26-78(44)62(98)40(20-23-47(83)84)73-52(88)35(8)68-51(87)34(7)69-54(90)36-15-11-25-66-36/h31-44,49-50,66,100H,9-30,64H2,1-8H3,(H2,65,80)(H,67,89)(H,68,87)(H,69,90)(H,70,91)(H,71,92)(H,72,97)(H,73,88)(H,74,95)(H,75,93)(H,76,94)(H,77,96)(H,81,82)(H,83,84)(H,85,86)/t34-,35-,36-,37-,38-,39-,40-,41-,42-,43-,44-,49-,50-/m0/s1. The summed E-state index contributed by atoms with van der Waals surface area (Å²) in [5, 5.41) is 58.6. The second kappa shape index (κ2) is 42.4. The maximum absolute atomic E-state index is 14.6. The van der Waals surface area contributed by atoms with E-state index in [2.05, 4.69) is 76.4 Å². The number of carboxylic acids is 3. The van der Waals surface area contributed by atoms with Gasteiger partial charge in [0.1, 0.15) is 79.0 Å². The van der Waals surface area contributed by atoms with Crippen molar-refractivity contribution in [3.05, 3.63) is 0 Å². The Labute approximate surface area is 585 Å². The molecule has 3 rings (SSSR count). The monoisotopic (exact) mass is 1440 g/mol. The maximum atomic E-state index is 14.6. The van der Waals surface area contributed by atoms with Gasteiger partial charge >= 0.3 is 17.9 Å². The van der Waals surface area contributed by atoms with E-state index in [9.17, 15) is 91.7 Å². The first kappa shape index (κ1) is 85.5. The average Bonchev–Trinajstić information content (AvgIpc) is 1.65. The molecule has 14 amide bonds. The highest BCUT2D eigenvalue weighted by atomic mass is 32.1. The summed E-state index contributed by atoms with van der Waals surface area (Å²) in [5.74, 6) is -17.6. The van der Waals surface area contributed by atoms with Crippen LogP contribution in [0.5, 0.6) is 0 Å². The number of hydrogen-bond donors (Lipinski definition) is 18. The number of primary amides is 1. The van der Waals surface area contributed by atoms with Gasteiger partial charge in [-0.05, 0) is 128 Å². The van der Waals surface area contributed by atoms with E-state index >= 15 is 0 Å². The summed E-state index contributed by atoms with van der Waals surface area (Å²) in [6.45, 7) is 12.9. The fourth-order valence-corrected chi connectivity index (χ4v) is 11.7. The number of carbonyl (C=O) groups is 17. The van der Waals surface area contributed by atoms with Crippen molar-refractivity contribution >= 4 is 113 Å². The van der Waals surface area contributed by atoms with E-state index in [1.165, 1.54) is 23.6 Å². The number of rotatable bonds is 43. The Morgan fingerprint density at radius 1 is 0.460 bits per heavy atom. The van der Waals surface area contributed by atoms with E-state index in [0.717, 1.165) is 6.42 Å². The SMILES string of the molecule is CC(C)C[C@H](NC(=O)[C@@H]1CCCN1C(=O)[C@@H](NC(=O)[C@@H]1CCCN1C(=O)[C@H](CCC(=O)O)NC(=O)[C@H](C)NC(=O)[C@H](C)NC(=O)[C@@H]1CCCN1)C(C)C)C(=O)N[C@H](C(=O)N[C@@H](CCCCN)C(=O)N[C@@H](CCC(N)=O)C(=O)N[C@@H](CCC(=O)O)C(=O)N[C@@H](CS)C(=O)NCC(=O)O)C(C)C. The molecule has 0 unspecified atom stereocenters. The second-order valence-electron chi connectivity index (χ2n) is 26.4. The van der Waals surface area contributed by atoms with Crippen LogP contribution in [0.3, 0.4) is 0 Å². The quantitative estimate of drug-likeness (QED) is 0.0201. The lowest BCUT2D eigenvalue weighted by Crippen LogP contribution is -2.61. The van der Waals surface area contributed by atoms with Crippen molar-refractivity contribution in [2.24, 2.45) is 29.2 Å². The molecule has 0 saturated carbocycles. The fourth-order valence-electron chi connectivity index (χ4n) is 11.4. The zero-order chi connectivity index (χ0) is 75.2. The summed E-state index contributed by atoms with van der Waals surface area (Å²) in [5.41, 5.74) is 11.2. The summed E-state index contributed by atoms with van der Waals surface area (Å²) in [6.07, 6.45) is -0.374. The Kier molecular flexibility index (Phi) is 36.2. The fraction of sp³-hybridized carbons (Fsp3) is 0.730. The minimum atomic E-state index is -1.69. The van der Waals surface area contributed by atoms with Gasteiger partial charge in [-0.15, -0.1) is 0 Å². The van der Waals surface area contributed by atoms with Crippen molar-refractivity contribution in [3.63, 3.8) is 0 Å². The third-order valence-electron chi connectivity index (χ3n) is 17.0. The number of hydrogen-bond acceptors (Lipinski definition) is 20. The normalized spacial score (nSPS) is 18.8. The molecule has 0 aromatic rings. The highest BCUT2D eigenvalue weighted by molar-refractivity contribution is 7.80. The summed E-state index contributed by atoms with van der Waals surface area (Å²) >= 11 is 4.03. The highest BCUT2D eigenvalue weighted by Gasteiger charge is 2.44. The van der Waals surface area contributed by atoms with E-state index in [1.54, 1.807) is 41.5 Å². The summed E-state index contributed by atoms with van der Waals surface area (Å²) in [4.78, 5) is 229. The molecule has 3 aliphatic rings. The lowest BCUT2D eigenvalue weighted by atomic mass is 9.98.